The van der Waals surface area contributed by atoms with Crippen LogP contribution in [-0.4, -0.2) is 49.9 Å². The molecule has 0 aromatic heterocycles. The van der Waals surface area contributed by atoms with Crippen LogP contribution in [-0.2, 0) is 10.2 Å². The second-order valence-electron chi connectivity index (χ2n) is 11.0. The predicted molar refractivity (Wildman–Crippen MR) is 122 cm³/mol. The van der Waals surface area contributed by atoms with Crippen LogP contribution in [0.15, 0.2) is 24.3 Å². The van der Waals surface area contributed by atoms with Crippen molar-refractivity contribution in [3.8, 4) is 0 Å². The maximum atomic E-state index is 13.2. The molecule has 1 aromatic rings. The number of fused-ring (bicyclic) bond motifs is 2. The molecule has 2 heterocycles. The van der Waals surface area contributed by atoms with Crippen molar-refractivity contribution in [1.82, 2.24) is 10.2 Å². The molecule has 168 valence electrons. The van der Waals surface area contributed by atoms with Crippen molar-refractivity contribution in [3.05, 3.63) is 29.8 Å². The Balaban J connectivity index is 1.11. The first kappa shape index (κ1) is 19.9. The predicted octanol–water partition coefficient (Wildman–Crippen LogP) is 4.37. The Bertz CT molecular complexity index is 804. The van der Waals surface area contributed by atoms with Crippen LogP contribution >= 0.6 is 0 Å². The third-order valence-corrected chi connectivity index (χ3v) is 9.29. The van der Waals surface area contributed by atoms with Gasteiger partial charge < -0.3 is 19.9 Å². The van der Waals surface area contributed by atoms with Crippen molar-refractivity contribution in [2.24, 2.45) is 23.7 Å². The molecule has 2 aliphatic heterocycles. The Morgan fingerprint density at radius 2 is 1.74 bits per heavy atom. The standard InChI is InChI=1S/C26H37N3O2/c1-2-31-17-29-16-26(22-5-3-4-6-23(22)29)7-9-28(10-8-26)25(30)27-24-20-12-18-11-19(14-20)15-21(24)13-18/h3-6,18-21,24H,2,7-17H2,1H3,(H,27,30). The zero-order chi connectivity index (χ0) is 21.0. The van der Waals surface area contributed by atoms with Gasteiger partial charge in [0, 0.05) is 43.4 Å². The van der Waals surface area contributed by atoms with E-state index in [2.05, 4.69) is 46.3 Å². The lowest BCUT2D eigenvalue weighted by atomic mass is 9.54. The number of nitrogens with zero attached hydrogens (tertiary/aromatic N) is 2. The molecule has 31 heavy (non-hydrogen) atoms. The zero-order valence-electron chi connectivity index (χ0n) is 18.9. The van der Waals surface area contributed by atoms with E-state index in [1.165, 1.54) is 43.4 Å². The Hall–Kier alpha value is -1.75. The van der Waals surface area contributed by atoms with E-state index in [-0.39, 0.29) is 11.4 Å². The van der Waals surface area contributed by atoms with Gasteiger partial charge in [0.25, 0.3) is 0 Å². The van der Waals surface area contributed by atoms with E-state index < -0.39 is 0 Å². The second kappa shape index (κ2) is 7.68. The van der Waals surface area contributed by atoms with Crippen molar-refractivity contribution in [2.75, 3.05) is 37.9 Å². The summed E-state index contributed by atoms with van der Waals surface area (Å²) in [6, 6.07) is 9.45. The fraction of sp³-hybridized carbons (Fsp3) is 0.731. The van der Waals surface area contributed by atoms with Crippen molar-refractivity contribution in [2.45, 2.75) is 63.3 Å². The van der Waals surface area contributed by atoms with Gasteiger partial charge >= 0.3 is 6.03 Å². The van der Waals surface area contributed by atoms with Crippen LogP contribution < -0.4 is 10.2 Å². The third kappa shape index (κ3) is 3.35. The number of likely N-dealkylation sites (tertiary alicyclic amines) is 1. The smallest absolute Gasteiger partial charge is 0.317 e. The first-order chi connectivity index (χ1) is 15.1. The molecule has 0 atom stereocenters. The van der Waals surface area contributed by atoms with Crippen LogP contribution in [0, 0.1) is 23.7 Å². The second-order valence-corrected chi connectivity index (χ2v) is 11.0. The normalized spacial score (nSPS) is 34.9. The largest absolute Gasteiger partial charge is 0.361 e. The number of ether oxygens (including phenoxy) is 1. The summed E-state index contributed by atoms with van der Waals surface area (Å²) >= 11 is 0. The summed E-state index contributed by atoms with van der Waals surface area (Å²) < 4.78 is 5.75. The number of rotatable bonds is 4. The number of benzene rings is 1. The Morgan fingerprint density at radius 1 is 1.06 bits per heavy atom. The molecule has 2 amide bonds. The number of carbonyl (C=O) groups is 1. The average molecular weight is 424 g/mol. The molecule has 1 N–H and O–H groups in total. The van der Waals surface area contributed by atoms with Crippen LogP contribution in [0.2, 0.25) is 0 Å². The minimum Gasteiger partial charge on any atom is -0.361 e. The lowest BCUT2D eigenvalue weighted by molar-refractivity contribution is -0.0115. The Morgan fingerprint density at radius 3 is 2.42 bits per heavy atom. The summed E-state index contributed by atoms with van der Waals surface area (Å²) in [5.74, 6) is 3.38. The lowest BCUT2D eigenvalue weighted by Gasteiger charge is -2.54. The van der Waals surface area contributed by atoms with Gasteiger partial charge in [0.1, 0.15) is 6.73 Å². The highest BCUT2D eigenvalue weighted by molar-refractivity contribution is 5.75. The topological polar surface area (TPSA) is 44.8 Å². The molecule has 1 aromatic carbocycles. The molecule has 1 saturated heterocycles. The Labute approximate surface area is 186 Å². The van der Waals surface area contributed by atoms with Gasteiger partial charge in [-0.25, -0.2) is 4.79 Å². The van der Waals surface area contributed by atoms with Crippen LogP contribution in [0.4, 0.5) is 10.5 Å². The molecular formula is C26H37N3O2. The molecule has 1 spiro atoms. The fourth-order valence-electron chi connectivity index (χ4n) is 8.01. The number of urea groups is 1. The van der Waals surface area contributed by atoms with E-state index in [1.54, 1.807) is 0 Å². The molecule has 5 fully saturated rings. The van der Waals surface area contributed by atoms with Crippen molar-refractivity contribution >= 4 is 11.7 Å². The SMILES string of the molecule is CCOCN1CC2(CCN(C(=O)NC3C4CC5CC(C4)CC3C5)CC2)c2ccccc21. The van der Waals surface area contributed by atoms with E-state index in [1.807, 2.05) is 0 Å². The highest BCUT2D eigenvalue weighted by Gasteiger charge is 2.50. The minimum absolute atomic E-state index is 0.160. The number of nitrogens with one attached hydrogen (secondary N) is 1. The molecule has 7 rings (SSSR count). The van der Waals surface area contributed by atoms with E-state index in [0.717, 1.165) is 62.8 Å². The number of carbonyl (C=O) groups excluding carboxylic acids is 1. The summed E-state index contributed by atoms with van der Waals surface area (Å²) in [4.78, 5) is 17.7. The van der Waals surface area contributed by atoms with Gasteiger partial charge in [0.05, 0.1) is 0 Å². The number of para-hydroxylation sites is 1. The zero-order valence-corrected chi connectivity index (χ0v) is 18.9. The Kier molecular flexibility index (Phi) is 4.93. The molecule has 0 radical (unpaired) electrons. The first-order valence-corrected chi connectivity index (χ1v) is 12.6. The van der Waals surface area contributed by atoms with E-state index in [9.17, 15) is 4.79 Å². The van der Waals surface area contributed by atoms with Gasteiger partial charge in [-0.3, -0.25) is 0 Å². The van der Waals surface area contributed by atoms with Gasteiger partial charge in [0.15, 0.2) is 0 Å². The first-order valence-electron chi connectivity index (χ1n) is 12.6. The van der Waals surface area contributed by atoms with Crippen LogP contribution in [0.25, 0.3) is 0 Å². The monoisotopic (exact) mass is 423 g/mol. The molecule has 4 bridgehead atoms. The number of amides is 2. The highest BCUT2D eigenvalue weighted by Crippen LogP contribution is 2.54. The maximum Gasteiger partial charge on any atom is 0.317 e. The number of anilines is 1. The number of hydrogen-bond acceptors (Lipinski definition) is 3. The third-order valence-electron chi connectivity index (χ3n) is 9.29. The van der Waals surface area contributed by atoms with Gasteiger partial charge in [-0.15, -0.1) is 0 Å². The summed E-state index contributed by atoms with van der Waals surface area (Å²) in [6.45, 7) is 6.18. The van der Waals surface area contributed by atoms with E-state index in [0.29, 0.717) is 12.8 Å². The van der Waals surface area contributed by atoms with Crippen LogP contribution in [0.1, 0.15) is 57.4 Å². The summed E-state index contributed by atoms with van der Waals surface area (Å²) in [6.07, 6.45) is 8.97. The van der Waals surface area contributed by atoms with E-state index in [4.69, 9.17) is 4.74 Å². The molecule has 0 unspecified atom stereocenters. The highest BCUT2D eigenvalue weighted by atomic mass is 16.5. The molecule has 4 saturated carbocycles. The van der Waals surface area contributed by atoms with Gasteiger partial charge in [-0.1, -0.05) is 18.2 Å². The summed E-state index contributed by atoms with van der Waals surface area (Å²) in [7, 11) is 0. The maximum absolute atomic E-state index is 13.2. The van der Waals surface area contributed by atoms with Gasteiger partial charge in [-0.2, -0.15) is 0 Å². The van der Waals surface area contributed by atoms with Crippen molar-refractivity contribution < 1.29 is 9.53 Å². The minimum atomic E-state index is 0.160. The van der Waals surface area contributed by atoms with Crippen molar-refractivity contribution in [3.63, 3.8) is 0 Å². The van der Waals surface area contributed by atoms with Crippen LogP contribution in [0.3, 0.4) is 0 Å². The lowest BCUT2D eigenvalue weighted by Crippen LogP contribution is -2.59. The molecule has 5 nitrogen and oxygen atoms in total. The van der Waals surface area contributed by atoms with Crippen molar-refractivity contribution in [1.29, 1.82) is 0 Å². The van der Waals surface area contributed by atoms with Crippen LogP contribution in [0.5, 0.6) is 0 Å². The molecule has 6 aliphatic rings. The quantitative estimate of drug-likeness (QED) is 0.782. The van der Waals surface area contributed by atoms with Gasteiger partial charge in [0.2, 0.25) is 0 Å². The average Bonchev–Trinajstić information content (AvgIpc) is 3.08. The molecule has 5 heteroatoms. The van der Waals surface area contributed by atoms with Gasteiger partial charge in [-0.05, 0) is 87.2 Å². The summed E-state index contributed by atoms with van der Waals surface area (Å²) in [5.41, 5.74) is 2.94. The summed E-state index contributed by atoms with van der Waals surface area (Å²) in [5, 5.41) is 3.52. The molecular weight excluding hydrogens is 386 g/mol. The molecule has 4 aliphatic carbocycles. The van der Waals surface area contributed by atoms with E-state index >= 15 is 0 Å². The fourth-order valence-corrected chi connectivity index (χ4v) is 8.01. The number of hydrogen-bond donors (Lipinski definition) is 1. The number of piperidine rings is 1.